The summed E-state index contributed by atoms with van der Waals surface area (Å²) in [6.07, 6.45) is 2.23. The molecule has 3 rings (SSSR count). The van der Waals surface area contributed by atoms with E-state index in [9.17, 15) is 18.8 Å². The Kier molecular flexibility index (Phi) is 7.67. The lowest BCUT2D eigenvalue weighted by Gasteiger charge is -2.14. The van der Waals surface area contributed by atoms with E-state index in [1.54, 1.807) is 18.2 Å². The molecular weight excluding hydrogens is 532 g/mol. The quantitative estimate of drug-likeness (QED) is 0.295. The average Bonchev–Trinajstić information content (AvgIpc) is 3.02. The number of nitrogens with one attached hydrogen (secondary N) is 2. The Hall–Kier alpha value is -3.15. The third-order valence-corrected chi connectivity index (χ3v) is 5.25. The van der Waals surface area contributed by atoms with Gasteiger partial charge in [0, 0.05) is 12.2 Å². The zero-order valence-corrected chi connectivity index (χ0v) is 19.6. The van der Waals surface area contributed by atoms with Crippen LogP contribution in [0.3, 0.4) is 0 Å². The first-order chi connectivity index (χ1) is 15.3. The van der Waals surface area contributed by atoms with E-state index < -0.39 is 17.8 Å². The molecule has 0 atom stereocenters. The maximum Gasteiger partial charge on any atom is 0.329 e. The number of benzene rings is 2. The van der Waals surface area contributed by atoms with Crippen LogP contribution >= 0.6 is 22.6 Å². The molecule has 1 heterocycles. The van der Waals surface area contributed by atoms with Gasteiger partial charge in [0.25, 0.3) is 11.8 Å². The van der Waals surface area contributed by atoms with E-state index in [1.807, 2.05) is 29.5 Å². The zero-order valence-electron chi connectivity index (χ0n) is 17.4. The van der Waals surface area contributed by atoms with Crippen LogP contribution in [-0.4, -0.2) is 43.0 Å². The summed E-state index contributed by atoms with van der Waals surface area (Å²) >= 11 is 2.03. The van der Waals surface area contributed by atoms with Gasteiger partial charge in [0.1, 0.15) is 11.5 Å². The first-order valence-corrected chi connectivity index (χ1v) is 10.8. The molecule has 1 aliphatic rings. The van der Waals surface area contributed by atoms with Gasteiger partial charge < -0.3 is 20.1 Å². The second-order valence-electron chi connectivity index (χ2n) is 6.82. The highest BCUT2D eigenvalue weighted by Gasteiger charge is 2.32. The summed E-state index contributed by atoms with van der Waals surface area (Å²) in [5.41, 5.74) is 1.24. The van der Waals surface area contributed by atoms with Gasteiger partial charge in [0.2, 0.25) is 0 Å². The number of halogens is 2. The van der Waals surface area contributed by atoms with Crippen molar-refractivity contribution < 1.29 is 28.2 Å². The first-order valence-electron chi connectivity index (χ1n) is 9.72. The molecule has 10 heteroatoms. The second-order valence-corrected chi connectivity index (χ2v) is 7.99. The van der Waals surface area contributed by atoms with Crippen molar-refractivity contribution >= 4 is 52.2 Å². The molecule has 4 amide bonds. The Balaban J connectivity index is 1.72. The molecule has 32 heavy (non-hydrogen) atoms. The first kappa shape index (κ1) is 23.5. The summed E-state index contributed by atoms with van der Waals surface area (Å²) in [6.45, 7) is 1.94. The fourth-order valence-corrected chi connectivity index (χ4v) is 3.78. The average molecular weight is 553 g/mol. The monoisotopic (exact) mass is 553 g/mol. The van der Waals surface area contributed by atoms with Gasteiger partial charge in [-0.3, -0.25) is 14.5 Å². The van der Waals surface area contributed by atoms with Gasteiger partial charge in [-0.2, -0.15) is 0 Å². The molecule has 2 aromatic carbocycles. The van der Waals surface area contributed by atoms with Crippen molar-refractivity contribution in [3.63, 3.8) is 0 Å². The number of carbonyl (C=O) groups is 3. The number of carbonyl (C=O) groups excluding carboxylic acids is 3. The third-order valence-electron chi connectivity index (χ3n) is 4.45. The lowest BCUT2D eigenvalue weighted by Crippen LogP contribution is -2.31. The highest BCUT2D eigenvalue weighted by Crippen LogP contribution is 2.35. The van der Waals surface area contributed by atoms with Crippen molar-refractivity contribution in [3.05, 3.63) is 57.0 Å². The molecule has 1 saturated heterocycles. The lowest BCUT2D eigenvalue weighted by molar-refractivity contribution is -0.123. The number of anilines is 1. The molecule has 0 aliphatic carbocycles. The van der Waals surface area contributed by atoms with Crippen molar-refractivity contribution in [2.75, 3.05) is 25.6 Å². The van der Waals surface area contributed by atoms with Gasteiger partial charge in [0.05, 0.1) is 10.7 Å². The van der Waals surface area contributed by atoms with Crippen LogP contribution in [0.1, 0.15) is 18.9 Å². The summed E-state index contributed by atoms with van der Waals surface area (Å²) in [5.74, 6) is -0.482. The highest BCUT2D eigenvalue weighted by molar-refractivity contribution is 14.1. The molecule has 0 saturated carbocycles. The van der Waals surface area contributed by atoms with E-state index in [0.717, 1.165) is 4.90 Å². The standard InChI is InChI=1S/C22H21FIN3O5/c1-3-8-27-21(29)17(26-22(27)30)10-13-9-16(24)20(18(11-13)31-2)32-12-19(28)25-15-6-4-14(23)5-7-15/h4-7,9-11H,3,8,12H2,1-2H3,(H,25,28)(H,26,30)/b17-10+. The molecule has 0 aromatic heterocycles. The smallest absolute Gasteiger partial charge is 0.329 e. The summed E-state index contributed by atoms with van der Waals surface area (Å²) in [7, 11) is 1.46. The van der Waals surface area contributed by atoms with E-state index in [0.29, 0.717) is 39.3 Å². The van der Waals surface area contributed by atoms with E-state index in [4.69, 9.17) is 9.47 Å². The normalized spacial score (nSPS) is 14.5. The minimum absolute atomic E-state index is 0.175. The Morgan fingerprint density at radius 1 is 1.25 bits per heavy atom. The summed E-state index contributed by atoms with van der Waals surface area (Å²) in [4.78, 5) is 37.7. The van der Waals surface area contributed by atoms with Crippen LogP contribution in [0, 0.1) is 9.39 Å². The van der Waals surface area contributed by atoms with Crippen molar-refractivity contribution in [2.24, 2.45) is 0 Å². The number of nitrogens with zero attached hydrogens (tertiary/aromatic N) is 1. The predicted molar refractivity (Wildman–Crippen MR) is 125 cm³/mol. The number of rotatable bonds is 8. The zero-order chi connectivity index (χ0) is 23.3. The Morgan fingerprint density at radius 2 is 1.97 bits per heavy atom. The van der Waals surface area contributed by atoms with Crippen LogP contribution in [-0.2, 0) is 9.59 Å². The number of ether oxygens (including phenoxy) is 2. The molecule has 8 nitrogen and oxygen atoms in total. The maximum atomic E-state index is 13.0. The number of imide groups is 1. The minimum Gasteiger partial charge on any atom is -0.493 e. The molecule has 0 unspecified atom stereocenters. The van der Waals surface area contributed by atoms with Gasteiger partial charge in [-0.25, -0.2) is 9.18 Å². The van der Waals surface area contributed by atoms with Crippen LogP contribution < -0.4 is 20.1 Å². The van der Waals surface area contributed by atoms with Crippen LogP contribution in [0.2, 0.25) is 0 Å². The molecule has 0 spiro atoms. The fourth-order valence-electron chi connectivity index (χ4n) is 3.00. The third kappa shape index (κ3) is 5.55. The van der Waals surface area contributed by atoms with Crippen LogP contribution in [0.25, 0.3) is 6.08 Å². The Labute approximate surface area is 197 Å². The molecule has 168 valence electrons. The summed E-state index contributed by atoms with van der Waals surface area (Å²) < 4.78 is 24.7. The second kappa shape index (κ2) is 10.4. The molecule has 1 fully saturated rings. The van der Waals surface area contributed by atoms with Gasteiger partial charge in [0.15, 0.2) is 18.1 Å². The maximum absolute atomic E-state index is 13.0. The summed E-state index contributed by atoms with van der Waals surface area (Å²) in [6, 6.07) is 8.32. The van der Waals surface area contributed by atoms with Gasteiger partial charge in [-0.15, -0.1) is 0 Å². The van der Waals surface area contributed by atoms with E-state index in [1.165, 1.54) is 31.4 Å². The summed E-state index contributed by atoms with van der Waals surface area (Å²) in [5, 5.41) is 5.19. The van der Waals surface area contributed by atoms with Gasteiger partial charge >= 0.3 is 6.03 Å². The van der Waals surface area contributed by atoms with E-state index >= 15 is 0 Å². The van der Waals surface area contributed by atoms with Crippen molar-refractivity contribution in [1.29, 1.82) is 0 Å². The van der Waals surface area contributed by atoms with Crippen LogP contribution in [0.15, 0.2) is 42.1 Å². The van der Waals surface area contributed by atoms with E-state index in [2.05, 4.69) is 10.6 Å². The lowest BCUT2D eigenvalue weighted by atomic mass is 10.1. The van der Waals surface area contributed by atoms with Crippen molar-refractivity contribution in [3.8, 4) is 11.5 Å². The molecule has 2 aromatic rings. The SMILES string of the molecule is CCCN1C(=O)N/C(=C/c2cc(I)c(OCC(=O)Nc3ccc(F)cc3)c(OC)c2)C1=O. The minimum atomic E-state index is -0.447. The van der Waals surface area contributed by atoms with Crippen molar-refractivity contribution in [2.45, 2.75) is 13.3 Å². The number of hydrogen-bond acceptors (Lipinski definition) is 5. The molecule has 0 radical (unpaired) electrons. The van der Waals surface area contributed by atoms with Gasteiger partial charge in [-0.05, 0) is 77.0 Å². The topological polar surface area (TPSA) is 97.0 Å². The van der Waals surface area contributed by atoms with E-state index in [-0.39, 0.29) is 18.2 Å². The van der Waals surface area contributed by atoms with Crippen LogP contribution in [0.5, 0.6) is 11.5 Å². The molecule has 2 N–H and O–H groups in total. The number of urea groups is 1. The number of hydrogen-bond donors (Lipinski definition) is 2. The van der Waals surface area contributed by atoms with Crippen LogP contribution in [0.4, 0.5) is 14.9 Å². The molecule has 1 aliphatic heterocycles. The number of methoxy groups -OCH3 is 1. The Morgan fingerprint density at radius 3 is 2.62 bits per heavy atom. The van der Waals surface area contributed by atoms with Crippen molar-refractivity contribution in [1.82, 2.24) is 10.2 Å². The predicted octanol–water partition coefficient (Wildman–Crippen LogP) is 3.76. The van der Waals surface area contributed by atoms with Gasteiger partial charge in [-0.1, -0.05) is 6.92 Å². The number of amides is 4. The molecule has 0 bridgehead atoms. The fraction of sp³-hybridized carbons (Fsp3) is 0.227. The Bertz CT molecular complexity index is 1070. The largest absolute Gasteiger partial charge is 0.493 e. The molecular formula is C22H21FIN3O5. The highest BCUT2D eigenvalue weighted by atomic mass is 127.